The Morgan fingerprint density at radius 2 is 2.04 bits per heavy atom. The van der Waals surface area contributed by atoms with Crippen LogP contribution in [0.25, 0.3) is 11.4 Å². The van der Waals surface area contributed by atoms with Gasteiger partial charge in [0.2, 0.25) is 23.5 Å². The van der Waals surface area contributed by atoms with Gasteiger partial charge in [0.05, 0.1) is 0 Å². The summed E-state index contributed by atoms with van der Waals surface area (Å²) in [6, 6.07) is 7.90. The quantitative estimate of drug-likeness (QED) is 0.812. The summed E-state index contributed by atoms with van der Waals surface area (Å²) in [5, 5.41) is 4.04. The molecule has 148 valence electrons. The summed E-state index contributed by atoms with van der Waals surface area (Å²) >= 11 is 0. The molecule has 1 unspecified atom stereocenters. The van der Waals surface area contributed by atoms with Crippen LogP contribution in [-0.2, 0) is 16.0 Å². The number of nitrogens with zero attached hydrogens (tertiary/aromatic N) is 4. The third-order valence-corrected chi connectivity index (χ3v) is 5.92. The van der Waals surface area contributed by atoms with Gasteiger partial charge in [-0.15, -0.1) is 0 Å². The molecule has 7 heteroatoms. The van der Waals surface area contributed by atoms with Crippen LogP contribution in [0.1, 0.15) is 43.6 Å². The number of hydrogen-bond acceptors (Lipinski definition) is 5. The molecule has 2 aliphatic rings. The lowest BCUT2D eigenvalue weighted by Gasteiger charge is -2.43. The molecule has 0 aliphatic carbocycles. The van der Waals surface area contributed by atoms with Gasteiger partial charge in [0.25, 0.3) is 0 Å². The topological polar surface area (TPSA) is 79.5 Å². The van der Waals surface area contributed by atoms with Crippen molar-refractivity contribution < 1.29 is 14.1 Å². The lowest BCUT2D eigenvalue weighted by Crippen LogP contribution is -2.60. The van der Waals surface area contributed by atoms with Gasteiger partial charge >= 0.3 is 0 Å². The van der Waals surface area contributed by atoms with Crippen LogP contribution in [-0.4, -0.2) is 57.4 Å². The minimum absolute atomic E-state index is 0.00328. The molecular weight excluding hydrogens is 356 g/mol. The number of carbonyl (C=O) groups excluding carboxylic acids is 2. The summed E-state index contributed by atoms with van der Waals surface area (Å²) in [7, 11) is 1.83. The van der Waals surface area contributed by atoms with Crippen LogP contribution in [0.5, 0.6) is 0 Å². The van der Waals surface area contributed by atoms with Crippen molar-refractivity contribution >= 4 is 11.8 Å². The molecule has 2 saturated heterocycles. The minimum atomic E-state index is -0.633. The summed E-state index contributed by atoms with van der Waals surface area (Å²) in [5.74, 6) is 1.07. The molecule has 0 N–H and O–H groups in total. The van der Waals surface area contributed by atoms with Crippen LogP contribution in [0.15, 0.2) is 28.8 Å². The van der Waals surface area contributed by atoms with Gasteiger partial charge in [0.1, 0.15) is 5.54 Å². The van der Waals surface area contributed by atoms with E-state index in [2.05, 4.69) is 10.1 Å². The normalized spacial score (nSPS) is 22.3. The van der Waals surface area contributed by atoms with Crippen molar-refractivity contribution in [3.8, 4) is 11.4 Å². The van der Waals surface area contributed by atoms with Gasteiger partial charge in [-0.2, -0.15) is 4.98 Å². The summed E-state index contributed by atoms with van der Waals surface area (Å²) < 4.78 is 5.34. The first-order valence-corrected chi connectivity index (χ1v) is 9.95. The number of carbonyl (C=O) groups is 2. The van der Waals surface area contributed by atoms with E-state index < -0.39 is 5.54 Å². The Morgan fingerprint density at radius 1 is 1.25 bits per heavy atom. The molecule has 4 rings (SSSR count). The smallest absolute Gasteiger partial charge is 0.248 e. The van der Waals surface area contributed by atoms with Crippen molar-refractivity contribution in [2.45, 2.75) is 51.0 Å². The number of hydrogen-bond donors (Lipinski definition) is 0. The molecule has 0 saturated carbocycles. The average Bonchev–Trinajstić information content (AvgIpc) is 3.32. The van der Waals surface area contributed by atoms with E-state index in [0.29, 0.717) is 24.7 Å². The maximum absolute atomic E-state index is 12.9. The lowest BCUT2D eigenvalue weighted by atomic mass is 9.85. The molecule has 3 heterocycles. The van der Waals surface area contributed by atoms with Crippen molar-refractivity contribution in [2.24, 2.45) is 0 Å². The maximum atomic E-state index is 12.9. The number of likely N-dealkylation sites (N-methyl/N-ethyl adjacent to an activating group) is 1. The average molecular weight is 382 g/mol. The zero-order valence-electron chi connectivity index (χ0n) is 16.5. The van der Waals surface area contributed by atoms with E-state index in [9.17, 15) is 9.59 Å². The first-order valence-electron chi connectivity index (χ1n) is 9.95. The first kappa shape index (κ1) is 18.7. The van der Waals surface area contributed by atoms with Gasteiger partial charge in [-0.25, -0.2) is 0 Å². The predicted molar refractivity (Wildman–Crippen MR) is 103 cm³/mol. The largest absolute Gasteiger partial charge is 0.344 e. The zero-order valence-corrected chi connectivity index (χ0v) is 16.5. The van der Waals surface area contributed by atoms with Crippen LogP contribution in [0.3, 0.4) is 0 Å². The predicted octanol–water partition coefficient (Wildman–Crippen LogP) is 2.59. The van der Waals surface area contributed by atoms with Gasteiger partial charge in [-0.3, -0.25) is 9.59 Å². The molecule has 2 aromatic rings. The number of aryl methyl sites for hydroxylation is 2. The molecule has 2 amide bonds. The number of benzene rings is 1. The number of aromatic nitrogens is 2. The van der Waals surface area contributed by atoms with Crippen LogP contribution >= 0.6 is 0 Å². The number of piperidine rings is 1. The summed E-state index contributed by atoms with van der Waals surface area (Å²) in [4.78, 5) is 33.7. The Kier molecular flexibility index (Phi) is 4.91. The second kappa shape index (κ2) is 7.37. The Balaban J connectivity index is 1.43. The zero-order chi connectivity index (χ0) is 19.7. The molecule has 1 atom stereocenters. The van der Waals surface area contributed by atoms with Crippen LogP contribution in [0.4, 0.5) is 0 Å². The van der Waals surface area contributed by atoms with Crippen molar-refractivity contribution in [3.63, 3.8) is 0 Å². The fourth-order valence-electron chi connectivity index (χ4n) is 4.50. The second-order valence-electron chi connectivity index (χ2n) is 7.89. The first-order chi connectivity index (χ1) is 13.5. The standard InChI is InChI=1S/C21H26N4O3/c1-15-6-3-7-16(14-15)19-22-17(28-23-19)8-9-18(26)25-13-5-11-21(25)10-4-12-24(2)20(21)27/h3,6-7,14H,4-5,8-13H2,1-2H3. The van der Waals surface area contributed by atoms with Crippen LogP contribution in [0.2, 0.25) is 0 Å². The van der Waals surface area contributed by atoms with Gasteiger partial charge in [-0.1, -0.05) is 28.9 Å². The van der Waals surface area contributed by atoms with E-state index in [0.717, 1.165) is 43.4 Å². The number of likely N-dealkylation sites (tertiary alicyclic amines) is 2. The van der Waals surface area contributed by atoms with Gasteiger partial charge < -0.3 is 14.3 Å². The summed E-state index contributed by atoms with van der Waals surface area (Å²) in [5.41, 5.74) is 1.39. The third-order valence-electron chi connectivity index (χ3n) is 5.92. The number of rotatable bonds is 4. The molecule has 7 nitrogen and oxygen atoms in total. The lowest BCUT2D eigenvalue weighted by molar-refractivity contribution is -0.154. The fourth-order valence-corrected chi connectivity index (χ4v) is 4.50. The molecule has 1 aromatic carbocycles. The monoisotopic (exact) mass is 382 g/mol. The summed E-state index contributed by atoms with van der Waals surface area (Å²) in [6.07, 6.45) is 4.00. The maximum Gasteiger partial charge on any atom is 0.248 e. The van der Waals surface area contributed by atoms with E-state index in [1.165, 1.54) is 0 Å². The highest BCUT2D eigenvalue weighted by molar-refractivity contribution is 5.92. The molecule has 28 heavy (non-hydrogen) atoms. The Morgan fingerprint density at radius 3 is 2.82 bits per heavy atom. The molecular formula is C21H26N4O3. The van der Waals surface area contributed by atoms with Crippen molar-refractivity contribution in [1.82, 2.24) is 19.9 Å². The molecule has 0 radical (unpaired) electrons. The summed E-state index contributed by atoms with van der Waals surface area (Å²) in [6.45, 7) is 3.43. The van der Waals surface area contributed by atoms with Crippen LogP contribution in [0, 0.1) is 6.92 Å². The Bertz CT molecular complexity index is 893. The van der Waals surface area contributed by atoms with E-state index in [4.69, 9.17) is 4.52 Å². The second-order valence-corrected chi connectivity index (χ2v) is 7.89. The SMILES string of the molecule is Cc1cccc(-c2noc(CCC(=O)N3CCCC34CCCN(C)C4=O)n2)c1. The highest BCUT2D eigenvalue weighted by atomic mass is 16.5. The third kappa shape index (κ3) is 3.30. The van der Waals surface area contributed by atoms with E-state index in [1.807, 2.05) is 43.1 Å². The molecule has 2 fully saturated rings. The fraction of sp³-hybridized carbons (Fsp3) is 0.524. The minimum Gasteiger partial charge on any atom is -0.344 e. The van der Waals surface area contributed by atoms with Gasteiger partial charge in [0, 0.05) is 38.5 Å². The Labute approximate surface area is 164 Å². The van der Waals surface area contributed by atoms with E-state index in [1.54, 1.807) is 4.90 Å². The van der Waals surface area contributed by atoms with Gasteiger partial charge in [-0.05, 0) is 38.7 Å². The molecule has 1 aromatic heterocycles. The Hall–Kier alpha value is -2.70. The molecule has 2 aliphatic heterocycles. The molecule has 1 spiro atoms. The van der Waals surface area contributed by atoms with Crippen LogP contribution < -0.4 is 0 Å². The van der Waals surface area contributed by atoms with Crippen molar-refractivity contribution in [2.75, 3.05) is 20.1 Å². The number of amides is 2. The van der Waals surface area contributed by atoms with E-state index in [-0.39, 0.29) is 18.2 Å². The van der Waals surface area contributed by atoms with Crippen molar-refractivity contribution in [1.29, 1.82) is 0 Å². The highest BCUT2D eigenvalue weighted by Crippen LogP contribution is 2.38. The van der Waals surface area contributed by atoms with Crippen molar-refractivity contribution in [3.05, 3.63) is 35.7 Å². The molecule has 0 bridgehead atoms. The van der Waals surface area contributed by atoms with Gasteiger partial charge in [0.15, 0.2) is 0 Å². The highest BCUT2D eigenvalue weighted by Gasteiger charge is 2.51. The van der Waals surface area contributed by atoms with E-state index >= 15 is 0 Å².